The third kappa shape index (κ3) is 3.72. The van der Waals surface area contributed by atoms with Gasteiger partial charge in [-0.25, -0.2) is 0 Å². The van der Waals surface area contributed by atoms with Gasteiger partial charge in [0.05, 0.1) is 10.8 Å². The average molecular weight is 239 g/mol. The summed E-state index contributed by atoms with van der Waals surface area (Å²) in [6, 6.07) is 6.08. The molecule has 90 valence electrons. The summed E-state index contributed by atoms with van der Waals surface area (Å²) in [5, 5.41) is 0. The van der Waals surface area contributed by atoms with Gasteiger partial charge in [0.15, 0.2) is 0 Å². The molecule has 0 fully saturated rings. The van der Waals surface area contributed by atoms with E-state index in [0.717, 1.165) is 23.3 Å². The Labute approximate surface area is 101 Å². The van der Waals surface area contributed by atoms with E-state index in [0.29, 0.717) is 5.75 Å². The van der Waals surface area contributed by atoms with Gasteiger partial charge in [-0.2, -0.15) is 0 Å². The first-order valence-electron chi connectivity index (χ1n) is 5.75. The van der Waals surface area contributed by atoms with Crippen LogP contribution in [-0.4, -0.2) is 16.0 Å². The average Bonchev–Trinajstić information content (AvgIpc) is 2.17. The lowest BCUT2D eigenvalue weighted by Gasteiger charge is -2.11. The van der Waals surface area contributed by atoms with Crippen LogP contribution in [0.3, 0.4) is 0 Å². The highest BCUT2D eigenvalue weighted by atomic mass is 32.2. The minimum absolute atomic E-state index is 0.0477. The molecule has 0 aliphatic carbocycles. The van der Waals surface area contributed by atoms with Crippen LogP contribution >= 0.6 is 0 Å². The van der Waals surface area contributed by atoms with Gasteiger partial charge < -0.3 is 5.73 Å². The van der Waals surface area contributed by atoms with Crippen molar-refractivity contribution in [1.82, 2.24) is 0 Å². The highest BCUT2D eigenvalue weighted by molar-refractivity contribution is 7.85. The molecule has 0 radical (unpaired) electrons. The van der Waals surface area contributed by atoms with Gasteiger partial charge in [0.1, 0.15) is 0 Å². The molecule has 1 aromatic carbocycles. The second-order valence-electron chi connectivity index (χ2n) is 4.33. The third-order valence-corrected chi connectivity index (χ3v) is 4.28. The predicted octanol–water partition coefficient (Wildman–Crippen LogP) is 2.54. The van der Waals surface area contributed by atoms with Crippen LogP contribution in [-0.2, 0) is 10.8 Å². The zero-order valence-electron chi connectivity index (χ0n) is 10.3. The molecule has 16 heavy (non-hydrogen) atoms. The van der Waals surface area contributed by atoms with Crippen molar-refractivity contribution < 1.29 is 4.21 Å². The van der Waals surface area contributed by atoms with Gasteiger partial charge >= 0.3 is 0 Å². The normalized spacial score (nSPS) is 14.8. The second kappa shape index (κ2) is 6.16. The molecule has 0 saturated heterocycles. The number of rotatable bonds is 5. The van der Waals surface area contributed by atoms with Crippen LogP contribution in [0.15, 0.2) is 23.1 Å². The van der Waals surface area contributed by atoms with E-state index in [9.17, 15) is 4.21 Å². The largest absolute Gasteiger partial charge is 0.327 e. The van der Waals surface area contributed by atoms with Gasteiger partial charge in [0, 0.05) is 16.7 Å². The first kappa shape index (κ1) is 13.4. The molecule has 0 aliphatic rings. The lowest BCUT2D eigenvalue weighted by Crippen LogP contribution is -2.27. The Morgan fingerprint density at radius 1 is 1.38 bits per heavy atom. The van der Waals surface area contributed by atoms with Crippen molar-refractivity contribution in [1.29, 1.82) is 0 Å². The maximum atomic E-state index is 12.1. The molecule has 1 rings (SSSR count). The van der Waals surface area contributed by atoms with Gasteiger partial charge in [-0.15, -0.1) is 0 Å². The molecular weight excluding hydrogens is 218 g/mol. The van der Waals surface area contributed by atoms with Crippen molar-refractivity contribution in [3.63, 3.8) is 0 Å². The summed E-state index contributed by atoms with van der Waals surface area (Å²) in [4.78, 5) is 0.928. The molecule has 2 N–H and O–H groups in total. The van der Waals surface area contributed by atoms with Crippen LogP contribution < -0.4 is 5.73 Å². The van der Waals surface area contributed by atoms with Crippen LogP contribution in [0.5, 0.6) is 0 Å². The number of nitrogens with two attached hydrogens (primary N) is 1. The fraction of sp³-hybridized carbons (Fsp3) is 0.538. The Morgan fingerprint density at radius 3 is 2.62 bits per heavy atom. The summed E-state index contributed by atoms with van der Waals surface area (Å²) in [5.41, 5.74) is 8.21. The minimum Gasteiger partial charge on any atom is -0.327 e. The zero-order chi connectivity index (χ0) is 12.1. The predicted molar refractivity (Wildman–Crippen MR) is 70.1 cm³/mol. The van der Waals surface area contributed by atoms with Crippen LogP contribution in [0.25, 0.3) is 0 Å². The molecule has 2 nitrogen and oxygen atoms in total. The monoisotopic (exact) mass is 239 g/mol. The first-order valence-corrected chi connectivity index (χ1v) is 7.07. The zero-order valence-corrected chi connectivity index (χ0v) is 11.1. The molecule has 0 aliphatic heterocycles. The standard InChI is InChI=1S/C13H21NOS/c1-4-5-12(14)9-16(15)13-7-6-10(2)8-11(13)3/h6-8,12H,4-5,9,14H2,1-3H3. The van der Waals surface area contributed by atoms with Gasteiger partial charge in [0.2, 0.25) is 0 Å². The fourth-order valence-electron chi connectivity index (χ4n) is 1.79. The molecule has 1 aromatic rings. The van der Waals surface area contributed by atoms with Crippen LogP contribution in [0.1, 0.15) is 30.9 Å². The maximum absolute atomic E-state index is 12.1. The fourth-order valence-corrected chi connectivity index (χ4v) is 3.17. The molecular formula is C13H21NOS. The Kier molecular flexibility index (Phi) is 5.16. The van der Waals surface area contributed by atoms with Crippen LogP contribution in [0.4, 0.5) is 0 Å². The molecule has 0 heterocycles. The summed E-state index contributed by atoms with van der Waals surface area (Å²) in [6.45, 7) is 6.15. The van der Waals surface area contributed by atoms with Crippen molar-refractivity contribution in [3.8, 4) is 0 Å². The van der Waals surface area contributed by atoms with Gasteiger partial charge in [-0.1, -0.05) is 31.0 Å². The Bertz CT molecular complexity index is 376. The summed E-state index contributed by atoms with van der Waals surface area (Å²) in [5.74, 6) is 0.567. The van der Waals surface area contributed by atoms with Crippen molar-refractivity contribution in [3.05, 3.63) is 29.3 Å². The first-order chi connectivity index (χ1) is 7.54. The van der Waals surface area contributed by atoms with Crippen molar-refractivity contribution in [2.24, 2.45) is 5.73 Å². The van der Waals surface area contributed by atoms with E-state index in [1.807, 2.05) is 26.0 Å². The lowest BCUT2D eigenvalue weighted by molar-refractivity contribution is 0.637. The Hall–Kier alpha value is -0.670. The molecule has 0 bridgehead atoms. The van der Waals surface area contributed by atoms with Crippen molar-refractivity contribution in [2.75, 3.05) is 5.75 Å². The van der Waals surface area contributed by atoms with Gasteiger partial charge in [0.25, 0.3) is 0 Å². The number of benzene rings is 1. The smallest absolute Gasteiger partial charge is 0.0547 e. The Morgan fingerprint density at radius 2 is 2.06 bits per heavy atom. The maximum Gasteiger partial charge on any atom is 0.0547 e. The van der Waals surface area contributed by atoms with Gasteiger partial charge in [-0.3, -0.25) is 4.21 Å². The topological polar surface area (TPSA) is 43.1 Å². The molecule has 0 amide bonds. The summed E-state index contributed by atoms with van der Waals surface area (Å²) >= 11 is 0. The van der Waals surface area contributed by atoms with E-state index in [2.05, 4.69) is 13.0 Å². The summed E-state index contributed by atoms with van der Waals surface area (Å²) in [7, 11) is -0.960. The summed E-state index contributed by atoms with van der Waals surface area (Å²) in [6.07, 6.45) is 1.99. The molecule has 3 heteroatoms. The highest BCUT2D eigenvalue weighted by Gasteiger charge is 2.11. The number of hydrogen-bond acceptors (Lipinski definition) is 2. The number of hydrogen-bond donors (Lipinski definition) is 1. The van der Waals surface area contributed by atoms with Crippen LogP contribution in [0, 0.1) is 13.8 Å². The molecule has 2 atom stereocenters. The Balaban J connectivity index is 2.73. The van der Waals surface area contributed by atoms with Gasteiger partial charge in [-0.05, 0) is 31.9 Å². The van der Waals surface area contributed by atoms with Crippen molar-refractivity contribution >= 4 is 10.8 Å². The van der Waals surface area contributed by atoms with E-state index >= 15 is 0 Å². The van der Waals surface area contributed by atoms with Crippen molar-refractivity contribution in [2.45, 2.75) is 44.6 Å². The molecule has 2 unspecified atom stereocenters. The highest BCUT2D eigenvalue weighted by Crippen LogP contribution is 2.15. The number of aryl methyl sites for hydroxylation is 2. The van der Waals surface area contributed by atoms with E-state index in [1.54, 1.807) is 0 Å². The van der Waals surface area contributed by atoms with E-state index < -0.39 is 10.8 Å². The molecule has 0 spiro atoms. The molecule has 0 saturated carbocycles. The second-order valence-corrected chi connectivity index (χ2v) is 5.79. The molecule has 0 aromatic heterocycles. The van der Waals surface area contributed by atoms with E-state index in [1.165, 1.54) is 5.56 Å². The lowest BCUT2D eigenvalue weighted by atomic mass is 10.2. The van der Waals surface area contributed by atoms with E-state index in [4.69, 9.17) is 5.73 Å². The van der Waals surface area contributed by atoms with Crippen LogP contribution in [0.2, 0.25) is 0 Å². The minimum atomic E-state index is -0.960. The third-order valence-electron chi connectivity index (χ3n) is 2.60. The summed E-state index contributed by atoms with van der Waals surface area (Å²) < 4.78 is 12.1. The van der Waals surface area contributed by atoms with E-state index in [-0.39, 0.29) is 6.04 Å². The SMILES string of the molecule is CCCC(N)CS(=O)c1ccc(C)cc1C. The quantitative estimate of drug-likeness (QED) is 0.858.